The molecule has 7 atom stereocenters. The Bertz CT molecular complexity index is 982. The summed E-state index contributed by atoms with van der Waals surface area (Å²) < 4.78 is 5.08. The van der Waals surface area contributed by atoms with Crippen molar-refractivity contribution in [2.75, 3.05) is 11.9 Å². The molecular formula is C22H22Br2N2O6. The molecule has 32 heavy (non-hydrogen) atoms. The highest BCUT2D eigenvalue weighted by atomic mass is 79.9. The first kappa shape index (κ1) is 23.1. The number of likely N-dealkylation sites (tertiary alicyclic amines) is 1. The maximum Gasteiger partial charge on any atom is 0.329 e. The van der Waals surface area contributed by atoms with Crippen molar-refractivity contribution in [3.8, 4) is 0 Å². The molecule has 8 nitrogen and oxygen atoms in total. The number of halogens is 2. The highest BCUT2D eigenvalue weighted by molar-refractivity contribution is 9.12. The molecule has 170 valence electrons. The van der Waals surface area contributed by atoms with E-state index >= 15 is 0 Å². The molecule has 1 aliphatic heterocycles. The fourth-order valence-electron chi connectivity index (χ4n) is 5.13. The summed E-state index contributed by atoms with van der Waals surface area (Å²) in [7, 11) is 0. The minimum atomic E-state index is -1.11. The Morgan fingerprint density at radius 1 is 1.12 bits per heavy atom. The van der Waals surface area contributed by atoms with E-state index in [1.54, 1.807) is 18.2 Å². The summed E-state index contributed by atoms with van der Waals surface area (Å²) in [5, 5.41) is 2.55. The zero-order valence-electron chi connectivity index (χ0n) is 17.4. The van der Waals surface area contributed by atoms with Gasteiger partial charge in [0, 0.05) is 20.9 Å². The van der Waals surface area contributed by atoms with Gasteiger partial charge in [-0.1, -0.05) is 44.0 Å². The summed E-state index contributed by atoms with van der Waals surface area (Å²) in [5.74, 6) is -2.97. The maximum absolute atomic E-state index is 13.0. The van der Waals surface area contributed by atoms with Crippen LogP contribution < -0.4 is 5.32 Å². The summed E-state index contributed by atoms with van der Waals surface area (Å²) in [6.07, 6.45) is 0.802. The molecule has 2 saturated carbocycles. The molecule has 1 saturated heterocycles. The second-order valence-electron chi connectivity index (χ2n) is 8.52. The van der Waals surface area contributed by atoms with Crippen LogP contribution in [0.5, 0.6) is 0 Å². The molecule has 2 aliphatic carbocycles. The van der Waals surface area contributed by atoms with Crippen LogP contribution in [0.15, 0.2) is 24.3 Å². The first-order valence-electron chi connectivity index (χ1n) is 10.3. The Labute approximate surface area is 201 Å². The second-order valence-corrected chi connectivity index (χ2v) is 10.6. The molecule has 3 aliphatic rings. The summed E-state index contributed by atoms with van der Waals surface area (Å²) >= 11 is 7.25. The van der Waals surface area contributed by atoms with E-state index in [1.807, 2.05) is 0 Å². The number of imide groups is 1. The van der Waals surface area contributed by atoms with E-state index in [4.69, 9.17) is 4.74 Å². The lowest BCUT2D eigenvalue weighted by molar-refractivity contribution is -0.159. The van der Waals surface area contributed by atoms with E-state index in [-0.39, 0.29) is 39.1 Å². The van der Waals surface area contributed by atoms with Crippen LogP contribution in [0.25, 0.3) is 0 Å². The predicted molar refractivity (Wildman–Crippen MR) is 121 cm³/mol. The average Bonchev–Trinajstić information content (AvgIpc) is 3.36. The van der Waals surface area contributed by atoms with Crippen LogP contribution in [-0.4, -0.2) is 56.7 Å². The van der Waals surface area contributed by atoms with Gasteiger partial charge in [-0.2, -0.15) is 0 Å². The number of Topliss-reactive ketones (excluding diaryl/α,β-unsaturated/α-hetero) is 1. The summed E-state index contributed by atoms with van der Waals surface area (Å²) in [6.45, 7) is 2.28. The van der Waals surface area contributed by atoms with Crippen LogP contribution in [0, 0.1) is 23.7 Å². The third-order valence-electron chi connectivity index (χ3n) is 6.65. The number of hydrogen-bond donors (Lipinski definition) is 1. The lowest BCUT2D eigenvalue weighted by Crippen LogP contribution is -2.45. The number of ketones is 1. The van der Waals surface area contributed by atoms with Crippen LogP contribution in [0.1, 0.15) is 30.6 Å². The summed E-state index contributed by atoms with van der Waals surface area (Å²) in [6, 6.07) is 5.27. The minimum absolute atomic E-state index is 0.0515. The smallest absolute Gasteiger partial charge is 0.329 e. The average molecular weight is 570 g/mol. The third-order valence-corrected chi connectivity index (χ3v) is 9.85. The quantitative estimate of drug-likeness (QED) is 0.244. The molecule has 1 aromatic rings. The van der Waals surface area contributed by atoms with Crippen LogP contribution >= 0.6 is 31.9 Å². The lowest BCUT2D eigenvalue weighted by Gasteiger charge is -2.28. The molecule has 2 bridgehead atoms. The Balaban J connectivity index is 1.36. The molecule has 1 aromatic carbocycles. The standard InChI is InChI=1S/C22H22Br2N2O6/c1-9(22(31)32-8-15(28)25-12-5-3-4-11(6-12)10(2)27)26-20(29)16-13-7-14(17(16)21(26)30)19(24)18(13)23/h3-6,9,13-14,16-19H,7-8H2,1-2H3,(H,25,28)/t9-,13+,14+,16+,17+,18-,19+/m0/s1. The van der Waals surface area contributed by atoms with E-state index in [9.17, 15) is 24.0 Å². The van der Waals surface area contributed by atoms with Gasteiger partial charge < -0.3 is 10.1 Å². The number of esters is 1. The third kappa shape index (κ3) is 3.81. The zero-order chi connectivity index (χ0) is 23.3. The van der Waals surface area contributed by atoms with Gasteiger partial charge in [-0.05, 0) is 44.2 Å². The van der Waals surface area contributed by atoms with Gasteiger partial charge >= 0.3 is 5.97 Å². The van der Waals surface area contributed by atoms with Gasteiger partial charge in [-0.15, -0.1) is 0 Å². The molecule has 0 radical (unpaired) electrons. The molecule has 1 N–H and O–H groups in total. The first-order chi connectivity index (χ1) is 15.1. The molecule has 0 spiro atoms. The highest BCUT2D eigenvalue weighted by Crippen LogP contribution is 2.60. The van der Waals surface area contributed by atoms with Gasteiger partial charge in [0.25, 0.3) is 5.91 Å². The van der Waals surface area contributed by atoms with Gasteiger partial charge in [0.15, 0.2) is 12.4 Å². The molecule has 0 aromatic heterocycles. The van der Waals surface area contributed by atoms with Gasteiger partial charge in [0.05, 0.1) is 11.8 Å². The van der Waals surface area contributed by atoms with E-state index in [0.29, 0.717) is 11.3 Å². The normalized spacial score (nSPS) is 31.4. The van der Waals surface area contributed by atoms with Crippen molar-refractivity contribution >= 4 is 67.0 Å². The van der Waals surface area contributed by atoms with Crippen LogP contribution in [0.4, 0.5) is 5.69 Å². The van der Waals surface area contributed by atoms with E-state index in [0.717, 1.165) is 11.3 Å². The Morgan fingerprint density at radius 3 is 2.28 bits per heavy atom. The van der Waals surface area contributed by atoms with Crippen molar-refractivity contribution in [2.24, 2.45) is 23.7 Å². The van der Waals surface area contributed by atoms with E-state index in [2.05, 4.69) is 37.2 Å². The van der Waals surface area contributed by atoms with Crippen molar-refractivity contribution in [1.82, 2.24) is 4.90 Å². The van der Waals surface area contributed by atoms with Gasteiger partial charge in [0.1, 0.15) is 6.04 Å². The predicted octanol–water partition coefficient (Wildman–Crippen LogP) is 2.54. The summed E-state index contributed by atoms with van der Waals surface area (Å²) in [4.78, 5) is 63.4. The Kier molecular flexibility index (Phi) is 6.28. The number of rotatable bonds is 6. The van der Waals surface area contributed by atoms with Gasteiger partial charge in [-0.3, -0.25) is 24.1 Å². The number of carbonyl (C=O) groups excluding carboxylic acids is 5. The van der Waals surface area contributed by atoms with Crippen LogP contribution in [-0.2, 0) is 23.9 Å². The SMILES string of the molecule is CC(=O)c1cccc(NC(=O)COC(=O)[C@H](C)N2C(=O)[C@@H]3[C@H]4C[C@@H]([C@@H](Br)[C@H]4Br)[C@H]3C2=O)c1. The van der Waals surface area contributed by atoms with Crippen molar-refractivity contribution in [1.29, 1.82) is 0 Å². The monoisotopic (exact) mass is 568 g/mol. The van der Waals surface area contributed by atoms with Gasteiger partial charge in [0.2, 0.25) is 11.8 Å². The van der Waals surface area contributed by atoms with Crippen molar-refractivity contribution in [3.05, 3.63) is 29.8 Å². The number of fused-ring (bicyclic) bond motifs is 5. The lowest BCUT2D eigenvalue weighted by atomic mass is 9.81. The van der Waals surface area contributed by atoms with Crippen molar-refractivity contribution in [3.63, 3.8) is 0 Å². The largest absolute Gasteiger partial charge is 0.454 e. The number of ether oxygens (including phenoxy) is 1. The zero-order valence-corrected chi connectivity index (χ0v) is 20.6. The highest BCUT2D eigenvalue weighted by Gasteiger charge is 2.67. The fraction of sp³-hybridized carbons (Fsp3) is 0.500. The molecule has 3 fully saturated rings. The number of alkyl halides is 2. The molecule has 3 amide bonds. The topological polar surface area (TPSA) is 110 Å². The van der Waals surface area contributed by atoms with E-state index < -0.39 is 36.4 Å². The number of benzene rings is 1. The number of carbonyl (C=O) groups is 5. The number of hydrogen-bond acceptors (Lipinski definition) is 6. The fourth-order valence-corrected chi connectivity index (χ4v) is 7.00. The van der Waals surface area contributed by atoms with Crippen molar-refractivity contribution in [2.45, 2.75) is 36.0 Å². The minimum Gasteiger partial charge on any atom is -0.454 e. The van der Waals surface area contributed by atoms with Crippen LogP contribution in [0.3, 0.4) is 0 Å². The second kappa shape index (κ2) is 8.70. The molecule has 0 unspecified atom stereocenters. The van der Waals surface area contributed by atoms with E-state index in [1.165, 1.54) is 19.9 Å². The Morgan fingerprint density at radius 2 is 1.72 bits per heavy atom. The van der Waals surface area contributed by atoms with Crippen LogP contribution in [0.2, 0.25) is 0 Å². The molecular weight excluding hydrogens is 548 g/mol. The number of anilines is 1. The Hall–Kier alpha value is -2.07. The summed E-state index contributed by atoms with van der Waals surface area (Å²) in [5.41, 5.74) is 0.837. The number of amides is 3. The van der Waals surface area contributed by atoms with Crippen molar-refractivity contribution < 1.29 is 28.7 Å². The number of nitrogens with one attached hydrogen (secondary N) is 1. The molecule has 10 heteroatoms. The first-order valence-corrected chi connectivity index (χ1v) is 12.2. The number of nitrogens with zero attached hydrogens (tertiary/aromatic N) is 1. The van der Waals surface area contributed by atoms with Gasteiger partial charge in [-0.25, -0.2) is 4.79 Å². The molecule has 1 heterocycles. The maximum atomic E-state index is 13.0. The molecule has 4 rings (SSSR count).